The molecule has 100 valence electrons. The molecule has 4 heteroatoms. The Morgan fingerprint density at radius 3 is 2.89 bits per heavy atom. The molecule has 0 bridgehead atoms. The van der Waals surface area contributed by atoms with Crippen LogP contribution in [0, 0.1) is 5.92 Å². The van der Waals surface area contributed by atoms with Crippen molar-refractivity contribution in [2.45, 2.75) is 30.8 Å². The summed E-state index contributed by atoms with van der Waals surface area (Å²) in [5.41, 5.74) is 8.57. The van der Waals surface area contributed by atoms with E-state index in [0.717, 1.165) is 5.69 Å². The number of aliphatic carboxylic acids is 1. The zero-order valence-corrected chi connectivity index (χ0v) is 10.6. The highest BCUT2D eigenvalue weighted by atomic mass is 16.4. The number of rotatable bonds is 3. The number of benzene rings is 1. The molecule has 4 N–H and O–H groups in total. The zero-order valence-electron chi connectivity index (χ0n) is 10.6. The lowest BCUT2D eigenvalue weighted by Gasteiger charge is -2.34. The molecule has 1 aromatic rings. The molecular formula is C15H18N2O2. The van der Waals surface area contributed by atoms with E-state index in [1.807, 2.05) is 18.2 Å². The van der Waals surface area contributed by atoms with Crippen LogP contribution in [0.5, 0.6) is 0 Å². The Labute approximate surface area is 112 Å². The summed E-state index contributed by atoms with van der Waals surface area (Å²) in [5.74, 6) is -0.276. The summed E-state index contributed by atoms with van der Waals surface area (Å²) < 4.78 is 0. The molecule has 1 aliphatic heterocycles. The van der Waals surface area contributed by atoms with Crippen LogP contribution < -0.4 is 11.1 Å². The first kappa shape index (κ1) is 12.2. The van der Waals surface area contributed by atoms with Gasteiger partial charge in [-0.05, 0) is 24.0 Å². The number of anilines is 1. The quantitative estimate of drug-likeness (QED) is 0.724. The first-order valence-electron chi connectivity index (χ1n) is 6.68. The summed E-state index contributed by atoms with van der Waals surface area (Å²) in [6.07, 6.45) is 4.97. The number of hydrogen-bond acceptors (Lipinski definition) is 3. The van der Waals surface area contributed by atoms with E-state index < -0.39 is 5.97 Å². The Balaban J connectivity index is 1.85. The van der Waals surface area contributed by atoms with Crippen LogP contribution in [-0.2, 0) is 4.79 Å². The van der Waals surface area contributed by atoms with Crippen molar-refractivity contribution in [3.63, 3.8) is 0 Å². The van der Waals surface area contributed by atoms with Crippen molar-refractivity contribution in [1.82, 2.24) is 0 Å². The second-order valence-corrected chi connectivity index (χ2v) is 5.34. The molecule has 1 aliphatic carbocycles. The van der Waals surface area contributed by atoms with E-state index in [9.17, 15) is 4.79 Å². The number of hydrogen-bond donors (Lipinski definition) is 3. The van der Waals surface area contributed by atoms with Gasteiger partial charge >= 0.3 is 5.97 Å². The van der Waals surface area contributed by atoms with Gasteiger partial charge in [-0.1, -0.05) is 30.4 Å². The van der Waals surface area contributed by atoms with Gasteiger partial charge in [0.1, 0.15) is 0 Å². The van der Waals surface area contributed by atoms with E-state index in [1.165, 1.54) is 5.56 Å². The second-order valence-electron chi connectivity index (χ2n) is 5.34. The standard InChI is InChI=1S/C15H18N2O2/c16-12-7-5-10-9-3-1-2-4-13(9)17-15(10)11(12)6-8-14(18)19/h1-5,7,10-12,15,17H,6,8,16H2,(H,18,19). The molecule has 4 unspecified atom stereocenters. The lowest BCUT2D eigenvalue weighted by molar-refractivity contribution is -0.137. The fourth-order valence-electron chi connectivity index (χ4n) is 3.27. The van der Waals surface area contributed by atoms with Crippen molar-refractivity contribution in [3.05, 3.63) is 42.0 Å². The predicted octanol–water partition coefficient (Wildman–Crippen LogP) is 1.94. The molecule has 0 saturated heterocycles. The van der Waals surface area contributed by atoms with Crippen LogP contribution >= 0.6 is 0 Å². The van der Waals surface area contributed by atoms with Gasteiger partial charge in [0.2, 0.25) is 0 Å². The minimum atomic E-state index is -0.756. The van der Waals surface area contributed by atoms with E-state index in [1.54, 1.807) is 0 Å². The highest BCUT2D eigenvalue weighted by molar-refractivity contribution is 5.67. The second kappa shape index (κ2) is 4.70. The molecule has 1 aromatic carbocycles. The van der Waals surface area contributed by atoms with Crippen LogP contribution in [0.2, 0.25) is 0 Å². The van der Waals surface area contributed by atoms with Gasteiger partial charge < -0.3 is 16.2 Å². The Kier molecular flexibility index (Phi) is 3.03. The molecule has 0 aromatic heterocycles. The van der Waals surface area contributed by atoms with Crippen LogP contribution in [0.25, 0.3) is 0 Å². The average molecular weight is 258 g/mol. The lowest BCUT2D eigenvalue weighted by Crippen LogP contribution is -2.44. The molecular weight excluding hydrogens is 240 g/mol. The summed E-state index contributed by atoms with van der Waals surface area (Å²) in [7, 11) is 0. The monoisotopic (exact) mass is 258 g/mol. The molecule has 2 aliphatic rings. The maximum atomic E-state index is 10.8. The average Bonchev–Trinajstić information content (AvgIpc) is 2.75. The third-order valence-corrected chi connectivity index (χ3v) is 4.22. The first-order chi connectivity index (χ1) is 9.16. The molecule has 0 saturated carbocycles. The minimum Gasteiger partial charge on any atom is -0.481 e. The van der Waals surface area contributed by atoms with Crippen molar-refractivity contribution >= 4 is 11.7 Å². The maximum absolute atomic E-state index is 10.8. The molecule has 3 rings (SSSR count). The fourth-order valence-corrected chi connectivity index (χ4v) is 3.27. The third-order valence-electron chi connectivity index (χ3n) is 4.22. The van der Waals surface area contributed by atoms with Gasteiger partial charge in [0.05, 0.1) is 0 Å². The number of carbonyl (C=O) groups is 1. The number of para-hydroxylation sites is 1. The number of nitrogens with one attached hydrogen (secondary N) is 1. The molecule has 1 heterocycles. The van der Waals surface area contributed by atoms with Crippen molar-refractivity contribution in [2.24, 2.45) is 11.7 Å². The van der Waals surface area contributed by atoms with E-state index in [2.05, 4.69) is 23.5 Å². The van der Waals surface area contributed by atoms with Crippen molar-refractivity contribution in [2.75, 3.05) is 5.32 Å². The van der Waals surface area contributed by atoms with Crippen molar-refractivity contribution in [1.29, 1.82) is 0 Å². The molecule has 4 atom stereocenters. The Morgan fingerprint density at radius 1 is 1.32 bits per heavy atom. The van der Waals surface area contributed by atoms with Crippen LogP contribution in [0.15, 0.2) is 36.4 Å². The molecule has 0 spiro atoms. The summed E-state index contributed by atoms with van der Waals surface area (Å²) in [4.78, 5) is 10.8. The highest BCUT2D eigenvalue weighted by Gasteiger charge is 2.40. The molecule has 0 radical (unpaired) electrons. The predicted molar refractivity (Wildman–Crippen MR) is 74.1 cm³/mol. The van der Waals surface area contributed by atoms with Gasteiger partial charge in [0.15, 0.2) is 0 Å². The van der Waals surface area contributed by atoms with Crippen LogP contribution in [0.4, 0.5) is 5.69 Å². The van der Waals surface area contributed by atoms with E-state index in [4.69, 9.17) is 10.8 Å². The fraction of sp³-hybridized carbons (Fsp3) is 0.400. The number of carboxylic acid groups (broad SMARTS) is 1. The molecule has 0 fully saturated rings. The Hall–Kier alpha value is -1.81. The number of nitrogens with two attached hydrogens (primary N) is 1. The van der Waals surface area contributed by atoms with Gasteiger partial charge in [0.25, 0.3) is 0 Å². The van der Waals surface area contributed by atoms with E-state index in [0.29, 0.717) is 12.3 Å². The van der Waals surface area contributed by atoms with E-state index >= 15 is 0 Å². The third kappa shape index (κ3) is 2.12. The smallest absolute Gasteiger partial charge is 0.303 e. The SMILES string of the molecule is NC1C=CC2c3ccccc3NC2C1CCC(=O)O. The molecule has 19 heavy (non-hydrogen) atoms. The van der Waals surface area contributed by atoms with E-state index in [-0.39, 0.29) is 24.4 Å². The lowest BCUT2D eigenvalue weighted by atomic mass is 9.76. The van der Waals surface area contributed by atoms with Gasteiger partial charge in [0, 0.05) is 30.1 Å². The van der Waals surface area contributed by atoms with Crippen molar-refractivity contribution in [3.8, 4) is 0 Å². The topological polar surface area (TPSA) is 75.3 Å². The van der Waals surface area contributed by atoms with Gasteiger partial charge in [-0.3, -0.25) is 4.79 Å². The van der Waals surface area contributed by atoms with Crippen LogP contribution in [0.1, 0.15) is 24.3 Å². The summed E-state index contributed by atoms with van der Waals surface area (Å²) in [6, 6.07) is 8.40. The maximum Gasteiger partial charge on any atom is 0.303 e. The highest BCUT2D eigenvalue weighted by Crippen LogP contribution is 2.43. The number of carboxylic acids is 1. The van der Waals surface area contributed by atoms with Crippen LogP contribution in [-0.4, -0.2) is 23.2 Å². The summed E-state index contributed by atoms with van der Waals surface area (Å²) in [6.45, 7) is 0. The zero-order chi connectivity index (χ0) is 13.4. The van der Waals surface area contributed by atoms with Crippen LogP contribution in [0.3, 0.4) is 0 Å². The largest absolute Gasteiger partial charge is 0.481 e. The summed E-state index contributed by atoms with van der Waals surface area (Å²) in [5, 5.41) is 12.4. The molecule has 0 amide bonds. The molecule has 4 nitrogen and oxygen atoms in total. The van der Waals surface area contributed by atoms with Gasteiger partial charge in [-0.2, -0.15) is 0 Å². The van der Waals surface area contributed by atoms with Crippen molar-refractivity contribution < 1.29 is 9.90 Å². The van der Waals surface area contributed by atoms with Gasteiger partial charge in [-0.15, -0.1) is 0 Å². The minimum absolute atomic E-state index is 0.0672. The normalized spacial score (nSPS) is 31.4. The summed E-state index contributed by atoms with van der Waals surface area (Å²) >= 11 is 0. The Bertz CT molecular complexity index is 527. The Morgan fingerprint density at radius 2 is 2.11 bits per heavy atom. The number of fused-ring (bicyclic) bond motifs is 3. The first-order valence-corrected chi connectivity index (χ1v) is 6.68. The van der Waals surface area contributed by atoms with Gasteiger partial charge in [-0.25, -0.2) is 0 Å².